The molecule has 1 aromatic heterocycles. The second-order valence-corrected chi connectivity index (χ2v) is 4.88. The molecule has 7 heteroatoms. The van der Waals surface area contributed by atoms with Gasteiger partial charge in [0.05, 0.1) is 13.7 Å². The van der Waals surface area contributed by atoms with Gasteiger partial charge in [0, 0.05) is 25.4 Å². The molecule has 1 heterocycles. The maximum atomic E-state index is 12.9. The van der Waals surface area contributed by atoms with E-state index in [4.69, 9.17) is 4.74 Å². The third-order valence-electron chi connectivity index (χ3n) is 3.15. The van der Waals surface area contributed by atoms with Crippen LogP contribution in [0.15, 0.2) is 47.6 Å². The van der Waals surface area contributed by atoms with Crippen LogP contribution in [0.5, 0.6) is 5.88 Å². The maximum absolute atomic E-state index is 12.9. The second-order valence-electron chi connectivity index (χ2n) is 4.88. The van der Waals surface area contributed by atoms with Gasteiger partial charge in [0.2, 0.25) is 5.88 Å². The van der Waals surface area contributed by atoms with Gasteiger partial charge in [-0.05, 0) is 36.2 Å². The number of pyridine rings is 1. The highest BCUT2D eigenvalue weighted by Gasteiger charge is 2.00. The Morgan fingerprint density at radius 1 is 1.17 bits per heavy atom. The number of rotatable bonds is 6. The first-order valence-electron chi connectivity index (χ1n) is 7.47. The van der Waals surface area contributed by atoms with Crippen molar-refractivity contribution in [2.24, 2.45) is 4.99 Å². The van der Waals surface area contributed by atoms with Crippen LogP contribution < -0.4 is 15.4 Å². The molecule has 0 aliphatic rings. The van der Waals surface area contributed by atoms with Crippen molar-refractivity contribution in [2.75, 3.05) is 13.7 Å². The van der Waals surface area contributed by atoms with E-state index in [1.165, 1.54) is 12.1 Å². The Hall–Kier alpha value is -1.90. The summed E-state index contributed by atoms with van der Waals surface area (Å²) in [6.45, 7) is 3.85. The number of guanidine groups is 1. The predicted octanol–water partition coefficient (Wildman–Crippen LogP) is 3.10. The molecule has 5 nitrogen and oxygen atoms in total. The molecule has 1 aromatic carbocycles. The lowest BCUT2D eigenvalue weighted by Crippen LogP contribution is -2.36. The minimum Gasteiger partial charge on any atom is -0.481 e. The van der Waals surface area contributed by atoms with Gasteiger partial charge in [-0.2, -0.15) is 0 Å². The lowest BCUT2D eigenvalue weighted by Gasteiger charge is -2.11. The molecule has 2 rings (SSSR count). The number of ether oxygens (including phenoxy) is 1. The Morgan fingerprint density at radius 2 is 1.92 bits per heavy atom. The van der Waals surface area contributed by atoms with E-state index in [9.17, 15) is 4.39 Å². The highest BCUT2D eigenvalue weighted by atomic mass is 127. The fourth-order valence-electron chi connectivity index (χ4n) is 1.96. The summed E-state index contributed by atoms with van der Waals surface area (Å²) in [6.07, 6.45) is 1.70. The molecule has 0 radical (unpaired) electrons. The second kappa shape index (κ2) is 10.8. The van der Waals surface area contributed by atoms with Crippen molar-refractivity contribution < 1.29 is 9.13 Å². The van der Waals surface area contributed by atoms with Gasteiger partial charge in [0.25, 0.3) is 0 Å². The summed E-state index contributed by atoms with van der Waals surface area (Å²) >= 11 is 0. The largest absolute Gasteiger partial charge is 0.481 e. The molecule has 0 atom stereocenters. The summed E-state index contributed by atoms with van der Waals surface area (Å²) in [5, 5.41) is 6.41. The van der Waals surface area contributed by atoms with Crippen molar-refractivity contribution in [2.45, 2.75) is 20.0 Å². The van der Waals surface area contributed by atoms with Crippen LogP contribution >= 0.6 is 24.0 Å². The number of nitrogens with one attached hydrogen (secondary N) is 2. The summed E-state index contributed by atoms with van der Waals surface area (Å²) in [7, 11) is 1.59. The number of aromatic nitrogens is 1. The van der Waals surface area contributed by atoms with Gasteiger partial charge in [-0.15, -0.1) is 24.0 Å². The molecule has 0 fully saturated rings. The number of hydrogen-bond donors (Lipinski definition) is 2. The number of aliphatic imine (C=N–C) groups is 1. The summed E-state index contributed by atoms with van der Waals surface area (Å²) in [4.78, 5) is 8.60. The van der Waals surface area contributed by atoms with Crippen molar-refractivity contribution in [1.29, 1.82) is 0 Å². The lowest BCUT2D eigenvalue weighted by atomic mass is 10.2. The van der Waals surface area contributed by atoms with E-state index in [0.717, 1.165) is 17.7 Å². The number of nitrogens with zero attached hydrogens (tertiary/aromatic N) is 2. The molecule has 2 N–H and O–H groups in total. The van der Waals surface area contributed by atoms with Crippen LogP contribution in [-0.2, 0) is 13.1 Å². The maximum Gasteiger partial charge on any atom is 0.213 e. The molecule has 0 unspecified atom stereocenters. The zero-order chi connectivity index (χ0) is 16.5. The van der Waals surface area contributed by atoms with Gasteiger partial charge in [0.15, 0.2) is 5.96 Å². The first-order chi connectivity index (χ1) is 11.2. The molecular weight excluding hydrogens is 422 g/mol. The van der Waals surface area contributed by atoms with Crippen molar-refractivity contribution in [3.63, 3.8) is 0 Å². The SMILES string of the molecule is CCNC(=NCc1ccnc(OC)c1)NCc1ccc(F)cc1.I. The van der Waals surface area contributed by atoms with E-state index in [1.807, 2.05) is 19.1 Å². The summed E-state index contributed by atoms with van der Waals surface area (Å²) < 4.78 is 18.0. The van der Waals surface area contributed by atoms with Crippen molar-refractivity contribution in [1.82, 2.24) is 15.6 Å². The Labute approximate surface area is 158 Å². The quantitative estimate of drug-likeness (QED) is 0.409. The van der Waals surface area contributed by atoms with Crippen LogP contribution in [0, 0.1) is 5.82 Å². The average Bonchev–Trinajstić information content (AvgIpc) is 2.59. The number of methoxy groups -OCH3 is 1. The van der Waals surface area contributed by atoms with Crippen molar-refractivity contribution in [3.05, 3.63) is 59.5 Å². The van der Waals surface area contributed by atoms with Gasteiger partial charge >= 0.3 is 0 Å². The normalized spacial score (nSPS) is 10.7. The molecule has 0 aliphatic heterocycles. The average molecular weight is 444 g/mol. The third kappa shape index (κ3) is 6.69. The fourth-order valence-corrected chi connectivity index (χ4v) is 1.96. The minimum absolute atomic E-state index is 0. The Balaban J connectivity index is 0.00000288. The lowest BCUT2D eigenvalue weighted by molar-refractivity contribution is 0.397. The smallest absolute Gasteiger partial charge is 0.213 e. The van der Waals surface area contributed by atoms with Crippen molar-refractivity contribution in [3.8, 4) is 5.88 Å². The van der Waals surface area contributed by atoms with E-state index in [1.54, 1.807) is 25.4 Å². The Morgan fingerprint density at radius 3 is 2.58 bits per heavy atom. The molecule has 0 spiro atoms. The molecule has 24 heavy (non-hydrogen) atoms. The van der Waals surface area contributed by atoms with E-state index < -0.39 is 0 Å². The third-order valence-corrected chi connectivity index (χ3v) is 3.15. The van der Waals surface area contributed by atoms with Gasteiger partial charge in [-0.25, -0.2) is 14.4 Å². The van der Waals surface area contributed by atoms with Crippen LogP contribution in [0.2, 0.25) is 0 Å². The zero-order valence-corrected chi connectivity index (χ0v) is 16.1. The van der Waals surface area contributed by atoms with Gasteiger partial charge in [-0.3, -0.25) is 0 Å². The standard InChI is InChI=1S/C17H21FN4O.HI/c1-3-19-17(21-11-13-4-6-15(18)7-5-13)22-12-14-8-9-20-16(10-14)23-2;/h4-10H,3,11-12H2,1-2H3,(H2,19,21,22);1H. The van der Waals surface area contributed by atoms with Crippen LogP contribution in [0.25, 0.3) is 0 Å². The van der Waals surface area contributed by atoms with Crippen molar-refractivity contribution >= 4 is 29.9 Å². The monoisotopic (exact) mass is 444 g/mol. The molecular formula is C17H22FIN4O. The first kappa shape index (κ1) is 20.1. The van der Waals surface area contributed by atoms with Crippen LogP contribution in [0.1, 0.15) is 18.1 Å². The molecule has 0 saturated carbocycles. The summed E-state index contributed by atoms with van der Waals surface area (Å²) in [5.74, 6) is 1.04. The topological polar surface area (TPSA) is 58.5 Å². The van der Waals surface area contributed by atoms with E-state index >= 15 is 0 Å². The van der Waals surface area contributed by atoms with Crippen LogP contribution in [0.3, 0.4) is 0 Å². The van der Waals surface area contributed by atoms with Crippen LogP contribution in [-0.4, -0.2) is 24.6 Å². The van der Waals surface area contributed by atoms with E-state index in [0.29, 0.717) is 24.9 Å². The Kier molecular flexibility index (Phi) is 9.06. The highest BCUT2D eigenvalue weighted by molar-refractivity contribution is 14.0. The highest BCUT2D eigenvalue weighted by Crippen LogP contribution is 2.09. The molecule has 0 aliphatic carbocycles. The zero-order valence-electron chi connectivity index (χ0n) is 13.8. The molecule has 0 bridgehead atoms. The molecule has 2 aromatic rings. The van der Waals surface area contributed by atoms with Gasteiger partial charge < -0.3 is 15.4 Å². The number of benzene rings is 1. The van der Waals surface area contributed by atoms with Gasteiger partial charge in [-0.1, -0.05) is 12.1 Å². The number of halogens is 2. The molecule has 0 amide bonds. The summed E-state index contributed by atoms with van der Waals surface area (Å²) in [6, 6.07) is 10.1. The van der Waals surface area contributed by atoms with E-state index in [-0.39, 0.29) is 29.8 Å². The summed E-state index contributed by atoms with van der Waals surface area (Å²) in [5.41, 5.74) is 2.00. The first-order valence-corrected chi connectivity index (χ1v) is 7.47. The number of hydrogen-bond acceptors (Lipinski definition) is 3. The van der Waals surface area contributed by atoms with E-state index in [2.05, 4.69) is 20.6 Å². The minimum atomic E-state index is -0.235. The Bertz CT molecular complexity index is 649. The molecule has 0 saturated heterocycles. The van der Waals surface area contributed by atoms with Gasteiger partial charge in [0.1, 0.15) is 5.82 Å². The van der Waals surface area contributed by atoms with Crippen LogP contribution in [0.4, 0.5) is 4.39 Å². The predicted molar refractivity (Wildman–Crippen MR) is 104 cm³/mol. The molecule has 130 valence electrons. The fraction of sp³-hybridized carbons (Fsp3) is 0.294.